The highest BCUT2D eigenvalue weighted by molar-refractivity contribution is 6.01. The van der Waals surface area contributed by atoms with Crippen LogP contribution in [0.15, 0.2) is 43.0 Å². The van der Waals surface area contributed by atoms with Gasteiger partial charge in [0.15, 0.2) is 0 Å². The highest BCUT2D eigenvalue weighted by Gasteiger charge is 2.17. The van der Waals surface area contributed by atoms with Crippen LogP contribution in [-0.4, -0.2) is 33.0 Å². The first-order chi connectivity index (χ1) is 12.3. The fourth-order valence-corrected chi connectivity index (χ4v) is 2.87. The first kappa shape index (κ1) is 19.4. The van der Waals surface area contributed by atoms with Crippen molar-refractivity contribution in [3.63, 3.8) is 0 Å². The fraction of sp³-hybridized carbons (Fsp3) is 0.350. The minimum absolute atomic E-state index is 0.0299. The van der Waals surface area contributed by atoms with E-state index in [4.69, 9.17) is 0 Å². The Labute approximate surface area is 154 Å². The fourth-order valence-electron chi connectivity index (χ4n) is 2.87. The van der Waals surface area contributed by atoms with E-state index in [1.807, 2.05) is 51.2 Å². The molecule has 0 spiro atoms. The van der Waals surface area contributed by atoms with Gasteiger partial charge in [0.1, 0.15) is 0 Å². The molecule has 26 heavy (non-hydrogen) atoms. The maximum absolute atomic E-state index is 12.4. The van der Waals surface area contributed by atoms with Gasteiger partial charge >= 0.3 is 0 Å². The molecule has 1 heterocycles. The standard InChI is InChI=1S/C20H26N4O2/c1-6-20(26)24(14-19-11-15(3)21-22(19)5)18-10-8-9-17(12-18)13-23(7-2)16(4)25/h6,8-12H,1,7,13-14H2,2-5H3. The molecule has 2 amide bonds. The number of hydrogen-bond donors (Lipinski definition) is 0. The number of aromatic nitrogens is 2. The molecule has 0 bridgehead atoms. The van der Waals surface area contributed by atoms with Crippen LogP contribution in [0, 0.1) is 6.92 Å². The SMILES string of the molecule is C=CC(=O)N(Cc1cc(C)nn1C)c1cccc(CN(CC)C(C)=O)c1. The molecule has 0 saturated heterocycles. The van der Waals surface area contributed by atoms with Crippen LogP contribution in [0.4, 0.5) is 5.69 Å². The molecule has 0 aliphatic rings. The number of aryl methyl sites for hydroxylation is 2. The van der Waals surface area contributed by atoms with Gasteiger partial charge in [-0.15, -0.1) is 0 Å². The predicted molar refractivity (Wildman–Crippen MR) is 103 cm³/mol. The van der Waals surface area contributed by atoms with Crippen LogP contribution in [0.5, 0.6) is 0 Å². The Morgan fingerprint density at radius 1 is 1.27 bits per heavy atom. The molecule has 2 aromatic rings. The molecule has 0 aliphatic carbocycles. The minimum atomic E-state index is -0.181. The Morgan fingerprint density at radius 3 is 2.54 bits per heavy atom. The summed E-state index contributed by atoms with van der Waals surface area (Å²) in [5.41, 5.74) is 3.58. The second kappa shape index (κ2) is 8.47. The van der Waals surface area contributed by atoms with Crippen molar-refractivity contribution < 1.29 is 9.59 Å². The second-order valence-electron chi connectivity index (χ2n) is 6.23. The van der Waals surface area contributed by atoms with Crippen molar-refractivity contribution in [1.82, 2.24) is 14.7 Å². The summed E-state index contributed by atoms with van der Waals surface area (Å²) in [5.74, 6) is -0.151. The largest absolute Gasteiger partial charge is 0.339 e. The van der Waals surface area contributed by atoms with Gasteiger partial charge in [0, 0.05) is 32.7 Å². The molecule has 0 aliphatic heterocycles. The molecule has 0 atom stereocenters. The quantitative estimate of drug-likeness (QED) is 0.719. The van der Waals surface area contributed by atoms with Crippen molar-refractivity contribution in [2.75, 3.05) is 11.4 Å². The van der Waals surface area contributed by atoms with Crippen LogP contribution in [0.25, 0.3) is 0 Å². The molecule has 1 aromatic carbocycles. The summed E-state index contributed by atoms with van der Waals surface area (Å²) in [5, 5.41) is 4.34. The Kier molecular flexibility index (Phi) is 6.33. The van der Waals surface area contributed by atoms with Gasteiger partial charge in [0.05, 0.1) is 17.9 Å². The topological polar surface area (TPSA) is 58.4 Å². The summed E-state index contributed by atoms with van der Waals surface area (Å²) in [6.45, 7) is 10.6. The van der Waals surface area contributed by atoms with Gasteiger partial charge in [0.25, 0.3) is 5.91 Å². The van der Waals surface area contributed by atoms with Crippen LogP contribution in [-0.2, 0) is 29.7 Å². The van der Waals surface area contributed by atoms with E-state index >= 15 is 0 Å². The van der Waals surface area contributed by atoms with E-state index in [1.54, 1.807) is 21.4 Å². The zero-order valence-corrected chi connectivity index (χ0v) is 15.9. The van der Waals surface area contributed by atoms with E-state index in [0.717, 1.165) is 22.6 Å². The first-order valence-electron chi connectivity index (χ1n) is 8.63. The Morgan fingerprint density at radius 2 is 2.00 bits per heavy atom. The van der Waals surface area contributed by atoms with Gasteiger partial charge < -0.3 is 9.80 Å². The Balaban J connectivity index is 2.32. The van der Waals surface area contributed by atoms with Crippen molar-refractivity contribution in [3.05, 3.63) is 59.9 Å². The highest BCUT2D eigenvalue weighted by Crippen LogP contribution is 2.21. The number of benzene rings is 1. The van der Waals surface area contributed by atoms with Crippen LogP contribution in [0.1, 0.15) is 30.8 Å². The van der Waals surface area contributed by atoms with E-state index in [0.29, 0.717) is 19.6 Å². The smallest absolute Gasteiger partial charge is 0.250 e. The van der Waals surface area contributed by atoms with Crippen LogP contribution in [0.2, 0.25) is 0 Å². The third-order valence-electron chi connectivity index (χ3n) is 4.28. The Bertz CT molecular complexity index is 810. The Hall–Kier alpha value is -2.89. The van der Waals surface area contributed by atoms with Gasteiger partial charge in [-0.05, 0) is 43.7 Å². The monoisotopic (exact) mass is 354 g/mol. The minimum Gasteiger partial charge on any atom is -0.339 e. The lowest BCUT2D eigenvalue weighted by atomic mass is 10.1. The number of rotatable bonds is 7. The number of carbonyl (C=O) groups excluding carboxylic acids is 2. The molecular formula is C20H26N4O2. The van der Waals surface area contributed by atoms with Gasteiger partial charge in [-0.2, -0.15) is 5.10 Å². The van der Waals surface area contributed by atoms with Crippen molar-refractivity contribution in [2.24, 2.45) is 7.05 Å². The zero-order valence-electron chi connectivity index (χ0n) is 15.9. The molecule has 0 saturated carbocycles. The maximum atomic E-state index is 12.4. The van der Waals surface area contributed by atoms with E-state index in [9.17, 15) is 9.59 Å². The molecule has 0 unspecified atom stereocenters. The van der Waals surface area contributed by atoms with E-state index in [2.05, 4.69) is 11.7 Å². The van der Waals surface area contributed by atoms with Gasteiger partial charge in [-0.3, -0.25) is 14.3 Å². The summed E-state index contributed by atoms with van der Waals surface area (Å²) in [6.07, 6.45) is 1.31. The van der Waals surface area contributed by atoms with Gasteiger partial charge in [-0.1, -0.05) is 18.7 Å². The van der Waals surface area contributed by atoms with Crippen molar-refractivity contribution in [1.29, 1.82) is 0 Å². The molecular weight excluding hydrogens is 328 g/mol. The third kappa shape index (κ3) is 4.59. The molecule has 2 rings (SSSR count). The third-order valence-corrected chi connectivity index (χ3v) is 4.28. The lowest BCUT2D eigenvalue weighted by molar-refractivity contribution is -0.129. The summed E-state index contributed by atoms with van der Waals surface area (Å²) in [7, 11) is 1.86. The van der Waals surface area contributed by atoms with E-state index < -0.39 is 0 Å². The normalized spacial score (nSPS) is 10.5. The molecule has 0 N–H and O–H groups in total. The lowest BCUT2D eigenvalue weighted by Gasteiger charge is -2.23. The van der Waals surface area contributed by atoms with Crippen molar-refractivity contribution in [3.8, 4) is 0 Å². The van der Waals surface area contributed by atoms with Crippen LogP contribution in [0.3, 0.4) is 0 Å². The summed E-state index contributed by atoms with van der Waals surface area (Å²) in [6, 6.07) is 9.65. The summed E-state index contributed by atoms with van der Waals surface area (Å²) >= 11 is 0. The maximum Gasteiger partial charge on any atom is 0.250 e. The second-order valence-corrected chi connectivity index (χ2v) is 6.23. The lowest BCUT2D eigenvalue weighted by Crippen LogP contribution is -2.30. The molecule has 1 aromatic heterocycles. The molecule has 0 fully saturated rings. The summed E-state index contributed by atoms with van der Waals surface area (Å²) < 4.78 is 1.77. The number of anilines is 1. The van der Waals surface area contributed by atoms with E-state index in [1.165, 1.54) is 6.08 Å². The number of amides is 2. The zero-order chi connectivity index (χ0) is 19.3. The summed E-state index contributed by atoms with van der Waals surface area (Å²) in [4.78, 5) is 27.5. The van der Waals surface area contributed by atoms with Crippen molar-refractivity contribution >= 4 is 17.5 Å². The number of carbonyl (C=O) groups is 2. The number of hydrogen-bond acceptors (Lipinski definition) is 3. The predicted octanol–water partition coefficient (Wildman–Crippen LogP) is 2.82. The average Bonchev–Trinajstić information content (AvgIpc) is 2.94. The van der Waals surface area contributed by atoms with Gasteiger partial charge in [-0.25, -0.2) is 0 Å². The first-order valence-corrected chi connectivity index (χ1v) is 8.63. The number of nitrogens with zero attached hydrogens (tertiary/aromatic N) is 4. The van der Waals surface area contributed by atoms with Crippen molar-refractivity contribution in [2.45, 2.75) is 33.9 Å². The van der Waals surface area contributed by atoms with Gasteiger partial charge in [0.2, 0.25) is 5.91 Å². The molecule has 6 heteroatoms. The molecule has 6 nitrogen and oxygen atoms in total. The molecule has 138 valence electrons. The molecule has 0 radical (unpaired) electrons. The van der Waals surface area contributed by atoms with E-state index in [-0.39, 0.29) is 11.8 Å². The van der Waals surface area contributed by atoms with Crippen LogP contribution >= 0.6 is 0 Å². The highest BCUT2D eigenvalue weighted by atomic mass is 16.2. The van der Waals surface area contributed by atoms with Crippen LogP contribution < -0.4 is 4.90 Å². The average molecular weight is 354 g/mol.